The Labute approximate surface area is 124 Å². The highest BCUT2D eigenvalue weighted by Gasteiger charge is 2.32. The van der Waals surface area contributed by atoms with E-state index >= 15 is 0 Å². The molecule has 0 saturated carbocycles. The Morgan fingerprint density at radius 3 is 2.60 bits per heavy atom. The van der Waals surface area contributed by atoms with Crippen LogP contribution in [0.25, 0.3) is 0 Å². The number of para-hydroxylation sites is 1. The fourth-order valence-electron chi connectivity index (χ4n) is 2.37. The summed E-state index contributed by atoms with van der Waals surface area (Å²) in [6.45, 7) is 0.827. The van der Waals surface area contributed by atoms with Gasteiger partial charge in [-0.1, -0.05) is 18.2 Å². The number of aliphatic carboxylic acids is 1. The van der Waals surface area contributed by atoms with Gasteiger partial charge < -0.3 is 10.0 Å². The molecule has 0 unspecified atom stereocenters. The van der Waals surface area contributed by atoms with Crippen molar-refractivity contribution in [3.05, 3.63) is 30.3 Å². The number of hydrogen-bond acceptors (Lipinski definition) is 3. The number of carbonyl (C=O) groups excluding carboxylic acids is 1. The van der Waals surface area contributed by atoms with E-state index < -0.39 is 12.0 Å². The molecule has 1 fully saturated rings. The normalized spacial score (nSPS) is 18.4. The Kier molecular flexibility index (Phi) is 5.98. The number of benzene rings is 1. The van der Waals surface area contributed by atoms with Gasteiger partial charge in [-0.05, 0) is 31.5 Å². The molecule has 1 N–H and O–H groups in total. The zero-order valence-electron chi connectivity index (χ0n) is 11.4. The minimum atomic E-state index is -0.840. The highest BCUT2D eigenvalue weighted by atomic mass is 35.5. The predicted molar refractivity (Wildman–Crippen MR) is 79.3 cm³/mol. The molecule has 6 heteroatoms. The molecule has 110 valence electrons. The number of amides is 1. The molecule has 0 radical (unpaired) electrons. The lowest BCUT2D eigenvalue weighted by atomic mass is 10.2. The average molecular weight is 299 g/mol. The van der Waals surface area contributed by atoms with Crippen LogP contribution in [-0.4, -0.2) is 48.1 Å². The van der Waals surface area contributed by atoms with E-state index in [1.165, 1.54) is 0 Å². The average Bonchev–Trinajstić information content (AvgIpc) is 2.87. The molecule has 5 nitrogen and oxygen atoms in total. The summed E-state index contributed by atoms with van der Waals surface area (Å²) in [5.74, 6) is -0.924. The first kappa shape index (κ1) is 16.5. The Bertz CT molecular complexity index is 467. The Morgan fingerprint density at radius 2 is 2.00 bits per heavy atom. The van der Waals surface area contributed by atoms with Crippen molar-refractivity contribution < 1.29 is 14.7 Å². The zero-order chi connectivity index (χ0) is 13.8. The van der Waals surface area contributed by atoms with Gasteiger partial charge in [0.15, 0.2) is 0 Å². The maximum Gasteiger partial charge on any atom is 0.320 e. The van der Waals surface area contributed by atoms with Gasteiger partial charge in [0.1, 0.15) is 6.04 Å². The van der Waals surface area contributed by atoms with Gasteiger partial charge in [-0.15, -0.1) is 12.4 Å². The molecule has 1 aromatic rings. The highest BCUT2D eigenvalue weighted by Crippen LogP contribution is 2.18. The molecule has 1 saturated heterocycles. The second kappa shape index (κ2) is 7.26. The van der Waals surface area contributed by atoms with Gasteiger partial charge in [0.05, 0.1) is 6.54 Å². The Balaban J connectivity index is 0.00000200. The van der Waals surface area contributed by atoms with Gasteiger partial charge in [-0.3, -0.25) is 14.5 Å². The summed E-state index contributed by atoms with van der Waals surface area (Å²) < 4.78 is 0. The first-order valence-electron chi connectivity index (χ1n) is 6.38. The quantitative estimate of drug-likeness (QED) is 0.917. The van der Waals surface area contributed by atoms with Crippen molar-refractivity contribution in [1.82, 2.24) is 4.90 Å². The second-order valence-electron chi connectivity index (χ2n) is 4.76. The van der Waals surface area contributed by atoms with Gasteiger partial charge in [0, 0.05) is 12.7 Å². The third-order valence-electron chi connectivity index (χ3n) is 3.50. The molecular formula is C14H19ClN2O3. The van der Waals surface area contributed by atoms with Gasteiger partial charge in [-0.2, -0.15) is 0 Å². The third kappa shape index (κ3) is 3.71. The van der Waals surface area contributed by atoms with Crippen molar-refractivity contribution in [2.24, 2.45) is 0 Å². The second-order valence-corrected chi connectivity index (χ2v) is 4.76. The standard InChI is InChI=1S/C14H18N2O3.ClH/c1-15(11-6-3-2-4-7-11)13(17)10-16-9-5-8-12(16)14(18)19;/h2-4,6-7,12H,5,8-10H2,1H3,(H,18,19);1H/t12-;/m0./s1. The van der Waals surface area contributed by atoms with Crippen molar-refractivity contribution in [2.75, 3.05) is 25.0 Å². The summed E-state index contributed by atoms with van der Waals surface area (Å²) >= 11 is 0. The summed E-state index contributed by atoms with van der Waals surface area (Å²) in [5.41, 5.74) is 0.818. The first-order chi connectivity index (χ1) is 9.09. The number of nitrogens with zero attached hydrogens (tertiary/aromatic N) is 2. The van der Waals surface area contributed by atoms with Crippen LogP contribution in [0.1, 0.15) is 12.8 Å². The molecular weight excluding hydrogens is 280 g/mol. The fourth-order valence-corrected chi connectivity index (χ4v) is 2.37. The summed E-state index contributed by atoms with van der Waals surface area (Å²) in [4.78, 5) is 26.5. The van der Waals surface area contributed by atoms with E-state index in [1.807, 2.05) is 30.3 Å². The SMILES string of the molecule is CN(C(=O)CN1CCC[C@H]1C(=O)O)c1ccccc1.Cl. The van der Waals surface area contributed by atoms with Gasteiger partial charge in [0.25, 0.3) is 0 Å². The molecule has 0 spiro atoms. The van der Waals surface area contributed by atoms with E-state index in [1.54, 1.807) is 16.8 Å². The van der Waals surface area contributed by atoms with Gasteiger partial charge in [-0.25, -0.2) is 0 Å². The van der Waals surface area contributed by atoms with E-state index in [4.69, 9.17) is 5.11 Å². The van der Waals surface area contributed by atoms with Crippen LogP contribution >= 0.6 is 12.4 Å². The van der Waals surface area contributed by atoms with Crippen molar-refractivity contribution >= 4 is 30.0 Å². The summed E-state index contributed by atoms with van der Waals surface area (Å²) in [7, 11) is 1.71. The van der Waals surface area contributed by atoms with E-state index in [2.05, 4.69) is 0 Å². The predicted octanol–water partition coefficient (Wildman–Crippen LogP) is 1.62. The molecule has 1 aliphatic heterocycles. The van der Waals surface area contributed by atoms with Crippen LogP contribution in [0, 0.1) is 0 Å². The van der Waals surface area contributed by atoms with Crippen LogP contribution in [0.5, 0.6) is 0 Å². The Morgan fingerprint density at radius 1 is 1.35 bits per heavy atom. The van der Waals surface area contributed by atoms with Crippen LogP contribution in [-0.2, 0) is 9.59 Å². The number of likely N-dealkylation sites (tertiary alicyclic amines) is 1. The van der Waals surface area contributed by atoms with Crippen molar-refractivity contribution in [3.63, 3.8) is 0 Å². The number of carboxylic acids is 1. The molecule has 20 heavy (non-hydrogen) atoms. The smallest absolute Gasteiger partial charge is 0.320 e. The van der Waals surface area contributed by atoms with Crippen LogP contribution < -0.4 is 4.90 Å². The topological polar surface area (TPSA) is 60.9 Å². The molecule has 0 bridgehead atoms. The van der Waals surface area contributed by atoms with Crippen LogP contribution in [0.3, 0.4) is 0 Å². The van der Waals surface area contributed by atoms with Crippen molar-refractivity contribution in [1.29, 1.82) is 0 Å². The monoisotopic (exact) mass is 298 g/mol. The molecule has 1 aliphatic rings. The largest absolute Gasteiger partial charge is 0.480 e. The van der Waals surface area contributed by atoms with Crippen molar-refractivity contribution in [2.45, 2.75) is 18.9 Å². The summed E-state index contributed by atoms with van der Waals surface area (Å²) in [6.07, 6.45) is 1.46. The number of rotatable bonds is 4. The van der Waals surface area contributed by atoms with E-state index in [0.29, 0.717) is 13.0 Å². The number of carbonyl (C=O) groups is 2. The van der Waals surface area contributed by atoms with E-state index in [0.717, 1.165) is 12.1 Å². The number of anilines is 1. The van der Waals surface area contributed by atoms with Crippen LogP contribution in [0.15, 0.2) is 30.3 Å². The minimum Gasteiger partial charge on any atom is -0.480 e. The van der Waals surface area contributed by atoms with Crippen LogP contribution in [0.4, 0.5) is 5.69 Å². The maximum absolute atomic E-state index is 12.2. The maximum atomic E-state index is 12.2. The van der Waals surface area contributed by atoms with Crippen molar-refractivity contribution in [3.8, 4) is 0 Å². The summed E-state index contributed by atoms with van der Waals surface area (Å²) in [5, 5.41) is 9.09. The van der Waals surface area contributed by atoms with E-state index in [-0.39, 0.29) is 24.9 Å². The zero-order valence-corrected chi connectivity index (χ0v) is 12.2. The first-order valence-corrected chi connectivity index (χ1v) is 6.38. The lowest BCUT2D eigenvalue weighted by Crippen LogP contribution is -2.43. The molecule has 1 aromatic carbocycles. The molecule has 1 amide bonds. The molecule has 0 aromatic heterocycles. The minimum absolute atomic E-state index is 0. The number of hydrogen-bond donors (Lipinski definition) is 1. The third-order valence-corrected chi connectivity index (χ3v) is 3.50. The molecule has 1 atom stereocenters. The lowest BCUT2D eigenvalue weighted by Gasteiger charge is -2.24. The molecule has 2 rings (SSSR count). The summed E-state index contributed by atoms with van der Waals surface area (Å²) in [6, 6.07) is 8.83. The molecule has 1 heterocycles. The highest BCUT2D eigenvalue weighted by molar-refractivity contribution is 5.94. The Hall–Kier alpha value is -1.59. The lowest BCUT2D eigenvalue weighted by molar-refractivity contribution is -0.142. The number of carboxylic acid groups (broad SMARTS) is 1. The molecule has 0 aliphatic carbocycles. The fraction of sp³-hybridized carbons (Fsp3) is 0.429. The number of likely N-dealkylation sites (N-methyl/N-ethyl adjacent to an activating group) is 1. The van der Waals surface area contributed by atoms with Gasteiger partial charge in [0.2, 0.25) is 5.91 Å². The van der Waals surface area contributed by atoms with Crippen LogP contribution in [0.2, 0.25) is 0 Å². The van der Waals surface area contributed by atoms with Gasteiger partial charge >= 0.3 is 5.97 Å². The van der Waals surface area contributed by atoms with E-state index in [9.17, 15) is 9.59 Å². The number of halogens is 1.